The van der Waals surface area contributed by atoms with Crippen LogP contribution in [0.5, 0.6) is 0 Å². The molecule has 3 aromatic rings. The normalized spacial score (nSPS) is 11.0. The minimum absolute atomic E-state index is 0.306. The average molecular weight is 316 g/mol. The zero-order valence-corrected chi connectivity index (χ0v) is 13.5. The number of aryl methyl sites for hydroxylation is 3. The minimum Gasteiger partial charge on any atom is -0.233 e. The summed E-state index contributed by atoms with van der Waals surface area (Å²) in [6.45, 7) is 1.72. The Morgan fingerprint density at radius 2 is 1.70 bits per heavy atom. The van der Waals surface area contributed by atoms with Gasteiger partial charge in [-0.3, -0.25) is 0 Å². The third-order valence-electron chi connectivity index (χ3n) is 4.08. The number of nitrogens with zero attached hydrogens (tertiary/aromatic N) is 4. The lowest BCUT2D eigenvalue weighted by Crippen LogP contribution is -2.32. The molecular formula is C17H18F2N4+2. The van der Waals surface area contributed by atoms with Crippen LogP contribution in [0.15, 0.2) is 36.8 Å². The molecule has 0 N–H and O–H groups in total. The van der Waals surface area contributed by atoms with Crippen LogP contribution in [0.25, 0.3) is 22.6 Å². The summed E-state index contributed by atoms with van der Waals surface area (Å²) in [6, 6.07) is 5.46. The Balaban J connectivity index is 2.37. The number of imidazole rings is 1. The van der Waals surface area contributed by atoms with Crippen molar-refractivity contribution in [3.05, 3.63) is 54.2 Å². The van der Waals surface area contributed by atoms with E-state index in [-0.39, 0.29) is 0 Å². The predicted molar refractivity (Wildman–Crippen MR) is 81.1 cm³/mol. The molecule has 0 unspecified atom stereocenters. The Morgan fingerprint density at radius 1 is 1.00 bits per heavy atom. The maximum absolute atomic E-state index is 14.4. The fourth-order valence-electron chi connectivity index (χ4n) is 2.92. The first-order valence-corrected chi connectivity index (χ1v) is 7.23. The second-order valence-corrected chi connectivity index (χ2v) is 5.61. The van der Waals surface area contributed by atoms with Crippen LogP contribution in [-0.4, -0.2) is 9.55 Å². The number of rotatable bonds is 2. The smallest absolute Gasteiger partial charge is 0.233 e. The highest BCUT2D eigenvalue weighted by atomic mass is 19.1. The van der Waals surface area contributed by atoms with Crippen molar-refractivity contribution in [2.45, 2.75) is 6.92 Å². The Bertz CT molecular complexity index is 880. The van der Waals surface area contributed by atoms with Crippen molar-refractivity contribution in [3.63, 3.8) is 0 Å². The van der Waals surface area contributed by atoms with Gasteiger partial charge < -0.3 is 0 Å². The number of pyridine rings is 2. The fourth-order valence-corrected chi connectivity index (χ4v) is 2.92. The lowest BCUT2D eigenvalue weighted by Gasteiger charge is -2.10. The second-order valence-electron chi connectivity index (χ2n) is 5.61. The van der Waals surface area contributed by atoms with Gasteiger partial charge in [-0.1, -0.05) is 0 Å². The standard InChI is InChI=1S/C17H18F2N4/c1-11-13(12-7-5-6-8-21(12)2)15(18)20-16(19)14(11)17-22(3)9-10-23(17)4/h5-10H,1-4H3/q+2. The first-order chi connectivity index (χ1) is 10.9. The number of halogens is 2. The van der Waals surface area contributed by atoms with E-state index in [0.29, 0.717) is 28.2 Å². The largest absolute Gasteiger partial charge is 0.293 e. The lowest BCUT2D eigenvalue weighted by molar-refractivity contribution is -0.660. The highest BCUT2D eigenvalue weighted by molar-refractivity contribution is 5.71. The monoisotopic (exact) mass is 316 g/mol. The third kappa shape index (κ3) is 2.40. The molecule has 0 radical (unpaired) electrons. The van der Waals surface area contributed by atoms with Crippen molar-refractivity contribution >= 4 is 0 Å². The molecule has 3 heterocycles. The van der Waals surface area contributed by atoms with E-state index in [1.807, 2.05) is 51.9 Å². The summed E-state index contributed by atoms with van der Waals surface area (Å²) in [5.41, 5.74) is 1.79. The molecule has 0 aromatic carbocycles. The van der Waals surface area contributed by atoms with Crippen LogP contribution in [0.3, 0.4) is 0 Å². The molecule has 0 saturated carbocycles. The second kappa shape index (κ2) is 5.53. The third-order valence-corrected chi connectivity index (χ3v) is 4.08. The molecular weight excluding hydrogens is 298 g/mol. The van der Waals surface area contributed by atoms with E-state index >= 15 is 0 Å². The summed E-state index contributed by atoms with van der Waals surface area (Å²) in [6.07, 6.45) is 5.46. The van der Waals surface area contributed by atoms with Crippen LogP contribution in [0, 0.1) is 18.8 Å². The van der Waals surface area contributed by atoms with Gasteiger partial charge >= 0.3 is 0 Å². The van der Waals surface area contributed by atoms with Crippen LogP contribution in [0.1, 0.15) is 5.56 Å². The quantitative estimate of drug-likeness (QED) is 0.524. The summed E-state index contributed by atoms with van der Waals surface area (Å²) >= 11 is 0. The minimum atomic E-state index is -0.806. The molecule has 23 heavy (non-hydrogen) atoms. The van der Waals surface area contributed by atoms with Gasteiger partial charge in [0.05, 0.1) is 14.1 Å². The van der Waals surface area contributed by atoms with E-state index in [4.69, 9.17) is 0 Å². The van der Waals surface area contributed by atoms with Crippen molar-refractivity contribution in [2.75, 3.05) is 0 Å². The zero-order chi connectivity index (χ0) is 16.7. The molecule has 0 atom stereocenters. The Labute approximate surface area is 133 Å². The van der Waals surface area contributed by atoms with Gasteiger partial charge in [-0.25, -0.2) is 13.7 Å². The molecule has 3 rings (SSSR count). The molecule has 0 aliphatic carbocycles. The lowest BCUT2D eigenvalue weighted by atomic mass is 10.0. The maximum Gasteiger partial charge on any atom is 0.293 e. The Kier molecular flexibility index (Phi) is 3.67. The zero-order valence-electron chi connectivity index (χ0n) is 13.5. The van der Waals surface area contributed by atoms with E-state index in [1.165, 1.54) is 0 Å². The van der Waals surface area contributed by atoms with Gasteiger partial charge in [-0.2, -0.15) is 13.8 Å². The van der Waals surface area contributed by atoms with Crippen LogP contribution in [0.4, 0.5) is 8.78 Å². The highest BCUT2D eigenvalue weighted by Crippen LogP contribution is 2.31. The van der Waals surface area contributed by atoms with Gasteiger partial charge in [0, 0.05) is 12.1 Å². The topological polar surface area (TPSA) is 25.6 Å². The molecule has 0 aliphatic heterocycles. The SMILES string of the molecule is Cc1c(-c2cccc[n+]2C)c(F)nc(F)c1-c1n(C)cc[n+]1C. The summed E-state index contributed by atoms with van der Waals surface area (Å²) in [7, 11) is 5.46. The predicted octanol–water partition coefficient (Wildman–Crippen LogP) is 1.99. The molecule has 0 fully saturated rings. The molecule has 0 spiro atoms. The fraction of sp³-hybridized carbons (Fsp3) is 0.235. The molecule has 118 valence electrons. The summed E-state index contributed by atoms with van der Waals surface area (Å²) in [5.74, 6) is -0.977. The molecule has 3 aromatic heterocycles. The van der Waals surface area contributed by atoms with Crippen molar-refractivity contribution < 1.29 is 17.9 Å². The maximum atomic E-state index is 14.4. The van der Waals surface area contributed by atoms with Crippen molar-refractivity contribution in [1.82, 2.24) is 9.55 Å². The first kappa shape index (κ1) is 15.3. The molecule has 6 heteroatoms. The Hall–Kier alpha value is -2.63. The summed E-state index contributed by atoms with van der Waals surface area (Å²) in [5, 5.41) is 0. The Morgan fingerprint density at radius 3 is 2.30 bits per heavy atom. The van der Waals surface area contributed by atoms with Crippen molar-refractivity contribution in [1.29, 1.82) is 0 Å². The summed E-state index contributed by atoms with van der Waals surface area (Å²) in [4.78, 5) is 3.52. The van der Waals surface area contributed by atoms with E-state index in [1.54, 1.807) is 26.7 Å². The van der Waals surface area contributed by atoms with E-state index in [0.717, 1.165) is 0 Å². The van der Waals surface area contributed by atoms with Crippen LogP contribution in [0.2, 0.25) is 0 Å². The van der Waals surface area contributed by atoms with Crippen LogP contribution < -0.4 is 9.13 Å². The van der Waals surface area contributed by atoms with E-state index < -0.39 is 11.9 Å². The van der Waals surface area contributed by atoms with Crippen molar-refractivity contribution in [3.8, 4) is 22.6 Å². The van der Waals surface area contributed by atoms with Crippen molar-refractivity contribution in [2.24, 2.45) is 21.1 Å². The molecule has 0 amide bonds. The molecule has 4 nitrogen and oxygen atoms in total. The summed E-state index contributed by atoms with van der Waals surface area (Å²) < 4.78 is 34.2. The first-order valence-electron chi connectivity index (χ1n) is 7.23. The number of hydrogen-bond donors (Lipinski definition) is 0. The van der Waals surface area contributed by atoms with Crippen LogP contribution >= 0.6 is 0 Å². The number of aromatic nitrogens is 4. The molecule has 0 saturated heterocycles. The van der Waals surface area contributed by atoms with E-state index in [9.17, 15) is 8.78 Å². The van der Waals surface area contributed by atoms with Gasteiger partial charge in [0.15, 0.2) is 6.20 Å². The number of hydrogen-bond acceptors (Lipinski definition) is 1. The van der Waals surface area contributed by atoms with Gasteiger partial charge in [0.2, 0.25) is 17.6 Å². The van der Waals surface area contributed by atoms with Gasteiger partial charge in [0.25, 0.3) is 5.82 Å². The molecule has 0 aliphatic rings. The van der Waals surface area contributed by atoms with Gasteiger partial charge in [-0.15, -0.1) is 0 Å². The van der Waals surface area contributed by atoms with E-state index in [2.05, 4.69) is 4.98 Å². The van der Waals surface area contributed by atoms with Crippen LogP contribution in [-0.2, 0) is 21.1 Å². The van der Waals surface area contributed by atoms with Gasteiger partial charge in [0.1, 0.15) is 30.6 Å². The average Bonchev–Trinajstić information content (AvgIpc) is 2.81. The highest BCUT2D eigenvalue weighted by Gasteiger charge is 2.29. The molecule has 0 bridgehead atoms. The van der Waals surface area contributed by atoms with Gasteiger partial charge in [-0.05, 0) is 18.6 Å².